The summed E-state index contributed by atoms with van der Waals surface area (Å²) in [4.78, 5) is 14.7. The minimum absolute atomic E-state index is 0.794. The fraction of sp³-hybridized carbons (Fsp3) is 0. The van der Waals surface area contributed by atoms with Gasteiger partial charge in [0.2, 0.25) is 0 Å². The van der Waals surface area contributed by atoms with Crippen LogP contribution in [0.4, 0.5) is 0 Å². The molecular weight excluding hydrogens is 587 g/mol. The molecule has 0 aliphatic rings. The van der Waals surface area contributed by atoms with E-state index in [1.54, 1.807) is 0 Å². The molecule has 48 heavy (non-hydrogen) atoms. The lowest BCUT2D eigenvalue weighted by atomic mass is 10.0. The van der Waals surface area contributed by atoms with Gasteiger partial charge in [-0.25, -0.2) is 9.97 Å². The molecule has 10 rings (SSSR count). The van der Waals surface area contributed by atoms with Gasteiger partial charge in [-0.2, -0.15) is 0 Å². The van der Waals surface area contributed by atoms with Crippen LogP contribution in [0.15, 0.2) is 164 Å². The van der Waals surface area contributed by atoms with Crippen molar-refractivity contribution in [1.29, 1.82) is 0 Å². The Hall–Kier alpha value is -6.59. The van der Waals surface area contributed by atoms with Gasteiger partial charge in [0.15, 0.2) is 5.82 Å². The largest absolute Gasteiger partial charge is 0.294 e. The Bertz CT molecular complexity index is 2600. The molecule has 0 saturated heterocycles. The Kier molecular flexibility index (Phi) is 5.81. The molecule has 0 aliphatic heterocycles. The molecule has 0 unspecified atom stereocenters. The molecular formula is C43H27N5. The maximum atomic E-state index is 4.98. The predicted molar refractivity (Wildman–Crippen MR) is 197 cm³/mol. The van der Waals surface area contributed by atoms with Gasteiger partial charge in [0.05, 0.1) is 40.2 Å². The normalized spacial score (nSPS) is 11.8. The number of nitrogens with zero attached hydrogens (tertiary/aromatic N) is 5. The Morgan fingerprint density at radius 2 is 0.875 bits per heavy atom. The SMILES string of the molecule is c1ccc(-c2ccc(-n3c4ccccc4c4cc5cc6c(cc5cc43)c3ccccc3n6-c3cnc(-c4ccccc4)cn3)nc2)cc1. The third kappa shape index (κ3) is 4.08. The van der Waals surface area contributed by atoms with Crippen molar-refractivity contribution in [2.75, 3.05) is 0 Å². The standard InChI is InChI=1S/C43H27N5/c1-3-11-28(12-4-1)30-19-20-42(45-25-30)47-38-17-9-7-15-33(38)35-21-32-24-41-36(22-31(32)23-40(35)47)34-16-8-10-18-39(34)48(41)43-27-44-37(26-46-43)29-13-5-2-6-14-29/h1-27H. The molecule has 0 N–H and O–H groups in total. The van der Waals surface area contributed by atoms with Gasteiger partial charge in [0, 0.05) is 38.9 Å². The number of pyridine rings is 1. The van der Waals surface area contributed by atoms with Crippen molar-refractivity contribution >= 4 is 54.4 Å². The summed E-state index contributed by atoms with van der Waals surface area (Å²) in [6.45, 7) is 0. The van der Waals surface area contributed by atoms with E-state index in [4.69, 9.17) is 15.0 Å². The first-order valence-corrected chi connectivity index (χ1v) is 16.1. The lowest BCUT2D eigenvalue weighted by Gasteiger charge is -2.10. The lowest BCUT2D eigenvalue weighted by molar-refractivity contribution is 1.05. The van der Waals surface area contributed by atoms with Crippen LogP contribution in [0.3, 0.4) is 0 Å². The molecule has 5 nitrogen and oxygen atoms in total. The first-order chi connectivity index (χ1) is 23.8. The van der Waals surface area contributed by atoms with Crippen LogP contribution in [0.2, 0.25) is 0 Å². The van der Waals surface area contributed by atoms with Crippen molar-refractivity contribution < 1.29 is 0 Å². The summed E-state index contributed by atoms with van der Waals surface area (Å²) < 4.78 is 4.52. The summed E-state index contributed by atoms with van der Waals surface area (Å²) in [5.74, 6) is 1.69. The Morgan fingerprint density at radius 1 is 0.333 bits per heavy atom. The van der Waals surface area contributed by atoms with Crippen LogP contribution in [0.5, 0.6) is 0 Å². The molecule has 0 aliphatic carbocycles. The molecule has 10 aromatic rings. The van der Waals surface area contributed by atoms with Gasteiger partial charge in [0.25, 0.3) is 0 Å². The van der Waals surface area contributed by atoms with Crippen molar-refractivity contribution in [3.63, 3.8) is 0 Å². The quantitative estimate of drug-likeness (QED) is 0.198. The fourth-order valence-corrected chi connectivity index (χ4v) is 7.19. The van der Waals surface area contributed by atoms with Crippen molar-refractivity contribution in [2.45, 2.75) is 0 Å². The highest BCUT2D eigenvalue weighted by atomic mass is 15.1. The monoisotopic (exact) mass is 613 g/mol. The Labute approximate surface area is 276 Å². The predicted octanol–water partition coefficient (Wildman–Crippen LogP) is 10.6. The van der Waals surface area contributed by atoms with Crippen LogP contribution >= 0.6 is 0 Å². The van der Waals surface area contributed by atoms with Gasteiger partial charge in [-0.3, -0.25) is 14.1 Å². The van der Waals surface area contributed by atoms with Crippen molar-refractivity contribution in [2.24, 2.45) is 0 Å². The number of aromatic nitrogens is 5. The number of fused-ring (bicyclic) bond motifs is 7. The van der Waals surface area contributed by atoms with E-state index in [1.165, 1.54) is 32.3 Å². The van der Waals surface area contributed by atoms with E-state index in [0.717, 1.165) is 56.1 Å². The summed E-state index contributed by atoms with van der Waals surface area (Å²) in [6, 6.07) is 51.3. The highest BCUT2D eigenvalue weighted by Gasteiger charge is 2.18. The maximum absolute atomic E-state index is 4.98. The number of benzene rings is 6. The van der Waals surface area contributed by atoms with E-state index in [0.29, 0.717) is 0 Å². The van der Waals surface area contributed by atoms with E-state index in [1.807, 2.05) is 42.9 Å². The molecule has 6 aromatic carbocycles. The number of hydrogen-bond acceptors (Lipinski definition) is 3. The van der Waals surface area contributed by atoms with Crippen LogP contribution in [0.1, 0.15) is 0 Å². The van der Waals surface area contributed by atoms with Gasteiger partial charge in [0.1, 0.15) is 5.82 Å². The minimum Gasteiger partial charge on any atom is -0.294 e. The summed E-state index contributed by atoms with van der Waals surface area (Å²) in [5, 5.41) is 7.10. The van der Waals surface area contributed by atoms with Gasteiger partial charge >= 0.3 is 0 Å². The highest BCUT2D eigenvalue weighted by molar-refractivity contribution is 6.18. The smallest absolute Gasteiger partial charge is 0.156 e. The zero-order valence-corrected chi connectivity index (χ0v) is 25.8. The van der Waals surface area contributed by atoms with E-state index >= 15 is 0 Å². The maximum Gasteiger partial charge on any atom is 0.156 e. The van der Waals surface area contributed by atoms with Gasteiger partial charge in [-0.05, 0) is 64.9 Å². The fourth-order valence-electron chi connectivity index (χ4n) is 7.19. The molecule has 5 heteroatoms. The van der Waals surface area contributed by atoms with Crippen molar-refractivity contribution in [1.82, 2.24) is 24.1 Å². The van der Waals surface area contributed by atoms with Crippen LogP contribution in [-0.4, -0.2) is 24.1 Å². The molecule has 224 valence electrons. The first-order valence-electron chi connectivity index (χ1n) is 16.1. The Morgan fingerprint density at radius 3 is 1.44 bits per heavy atom. The van der Waals surface area contributed by atoms with Gasteiger partial charge in [-0.15, -0.1) is 0 Å². The molecule has 0 spiro atoms. The van der Waals surface area contributed by atoms with E-state index < -0.39 is 0 Å². The topological polar surface area (TPSA) is 48.5 Å². The minimum atomic E-state index is 0.794. The second-order valence-corrected chi connectivity index (χ2v) is 12.2. The Balaban J connectivity index is 1.18. The summed E-state index contributed by atoms with van der Waals surface area (Å²) >= 11 is 0. The van der Waals surface area contributed by atoms with Crippen molar-refractivity contribution in [3.8, 4) is 34.0 Å². The molecule has 0 amide bonds. The molecule has 0 fully saturated rings. The second kappa shape index (κ2) is 10.5. The third-order valence-corrected chi connectivity index (χ3v) is 9.44. The average molecular weight is 614 g/mol. The molecule has 0 saturated carbocycles. The highest BCUT2D eigenvalue weighted by Crippen LogP contribution is 2.39. The number of para-hydroxylation sites is 2. The van der Waals surface area contributed by atoms with Gasteiger partial charge < -0.3 is 0 Å². The number of hydrogen-bond donors (Lipinski definition) is 0. The third-order valence-electron chi connectivity index (χ3n) is 9.44. The molecule has 4 aromatic heterocycles. The van der Waals surface area contributed by atoms with Crippen LogP contribution < -0.4 is 0 Å². The molecule has 0 radical (unpaired) electrons. The number of rotatable bonds is 4. The first kappa shape index (κ1) is 26.6. The van der Waals surface area contributed by atoms with Crippen LogP contribution in [-0.2, 0) is 0 Å². The lowest BCUT2D eigenvalue weighted by Crippen LogP contribution is -1.99. The summed E-state index contributed by atoms with van der Waals surface area (Å²) in [7, 11) is 0. The molecule has 0 atom stereocenters. The van der Waals surface area contributed by atoms with E-state index in [9.17, 15) is 0 Å². The van der Waals surface area contributed by atoms with E-state index in [-0.39, 0.29) is 0 Å². The zero-order chi connectivity index (χ0) is 31.6. The van der Waals surface area contributed by atoms with E-state index in [2.05, 4.69) is 130 Å². The average Bonchev–Trinajstić information content (AvgIpc) is 3.65. The summed E-state index contributed by atoms with van der Waals surface area (Å²) in [6.07, 6.45) is 5.72. The zero-order valence-electron chi connectivity index (χ0n) is 25.8. The van der Waals surface area contributed by atoms with Crippen LogP contribution in [0, 0.1) is 0 Å². The van der Waals surface area contributed by atoms with Crippen LogP contribution in [0.25, 0.3) is 88.4 Å². The molecule has 4 heterocycles. The molecule has 0 bridgehead atoms. The van der Waals surface area contributed by atoms with Gasteiger partial charge in [-0.1, -0.05) is 97.1 Å². The van der Waals surface area contributed by atoms with Crippen molar-refractivity contribution in [3.05, 3.63) is 164 Å². The summed E-state index contributed by atoms with van der Waals surface area (Å²) in [5.41, 5.74) is 8.64. The second-order valence-electron chi connectivity index (χ2n) is 12.2.